The zero-order valence-electron chi connectivity index (χ0n) is 19.0. The summed E-state index contributed by atoms with van der Waals surface area (Å²) < 4.78 is 10.9. The van der Waals surface area contributed by atoms with Gasteiger partial charge in [0.25, 0.3) is 0 Å². The second-order valence-electron chi connectivity index (χ2n) is 8.84. The highest BCUT2D eigenvalue weighted by molar-refractivity contribution is 6.02. The molecule has 1 aliphatic carbocycles. The van der Waals surface area contributed by atoms with Crippen molar-refractivity contribution in [2.24, 2.45) is 0 Å². The third-order valence-corrected chi connectivity index (χ3v) is 6.44. The van der Waals surface area contributed by atoms with E-state index in [4.69, 9.17) is 9.47 Å². The zero-order chi connectivity index (χ0) is 23.2. The lowest BCUT2D eigenvalue weighted by Gasteiger charge is -2.18. The maximum absolute atomic E-state index is 13.3. The smallest absolute Gasteiger partial charge is 0.235 e. The van der Waals surface area contributed by atoms with Crippen molar-refractivity contribution in [1.29, 1.82) is 0 Å². The third-order valence-electron chi connectivity index (χ3n) is 6.44. The van der Waals surface area contributed by atoms with Crippen LogP contribution in [0.15, 0.2) is 54.6 Å². The van der Waals surface area contributed by atoms with Crippen LogP contribution in [0.1, 0.15) is 37.9 Å². The molecule has 6 heteroatoms. The Morgan fingerprint density at radius 3 is 2.27 bits per heavy atom. The van der Waals surface area contributed by atoms with Gasteiger partial charge in [-0.05, 0) is 90.9 Å². The molecule has 1 aliphatic heterocycles. The molecule has 5 rings (SSSR count). The second-order valence-corrected chi connectivity index (χ2v) is 8.84. The Morgan fingerprint density at radius 1 is 0.818 bits per heavy atom. The van der Waals surface area contributed by atoms with Crippen LogP contribution < -0.4 is 20.1 Å². The molecule has 3 aromatic rings. The summed E-state index contributed by atoms with van der Waals surface area (Å²) in [5, 5.41) is 5.96. The van der Waals surface area contributed by atoms with Crippen LogP contribution in [0.3, 0.4) is 0 Å². The molecule has 0 atom stereocenters. The number of fused-ring (bicyclic) bond motifs is 1. The van der Waals surface area contributed by atoms with Crippen molar-refractivity contribution in [3.8, 4) is 22.6 Å². The van der Waals surface area contributed by atoms with Gasteiger partial charge in [-0.1, -0.05) is 18.2 Å². The van der Waals surface area contributed by atoms with Crippen LogP contribution in [0.25, 0.3) is 11.1 Å². The predicted molar refractivity (Wildman–Crippen MR) is 130 cm³/mol. The molecule has 0 bridgehead atoms. The van der Waals surface area contributed by atoms with Crippen LogP contribution >= 0.6 is 0 Å². The molecule has 2 amide bonds. The van der Waals surface area contributed by atoms with Crippen molar-refractivity contribution in [2.45, 2.75) is 39.0 Å². The van der Waals surface area contributed by atoms with Crippen LogP contribution in [0.5, 0.6) is 11.5 Å². The topological polar surface area (TPSA) is 76.7 Å². The monoisotopic (exact) mass is 444 g/mol. The van der Waals surface area contributed by atoms with E-state index in [9.17, 15) is 9.59 Å². The normalized spacial score (nSPS) is 15.1. The van der Waals surface area contributed by atoms with Gasteiger partial charge in [0.15, 0.2) is 11.5 Å². The Morgan fingerprint density at radius 2 is 1.55 bits per heavy atom. The van der Waals surface area contributed by atoms with E-state index in [1.54, 1.807) is 0 Å². The van der Waals surface area contributed by atoms with Gasteiger partial charge < -0.3 is 20.1 Å². The summed E-state index contributed by atoms with van der Waals surface area (Å²) in [5.41, 5.74) is 6.24. The van der Waals surface area contributed by atoms with Gasteiger partial charge in [-0.2, -0.15) is 0 Å². The van der Waals surface area contributed by atoms with Crippen molar-refractivity contribution in [1.82, 2.24) is 0 Å². The van der Waals surface area contributed by atoms with Gasteiger partial charge in [-0.25, -0.2) is 0 Å². The van der Waals surface area contributed by atoms with E-state index < -0.39 is 5.41 Å². The Bertz CT molecular complexity index is 1280. The SMILES string of the molecule is CC(=O)Nc1ccc(-c2cc(NC(=O)C3(c4ccc5c(c4)OCO5)CC3)ccc2C)c(C)c1.[HH]. The van der Waals surface area contributed by atoms with E-state index in [2.05, 4.69) is 17.6 Å². The number of ether oxygens (including phenoxy) is 2. The summed E-state index contributed by atoms with van der Waals surface area (Å²) in [5.74, 6) is 1.31. The largest absolute Gasteiger partial charge is 0.454 e. The van der Waals surface area contributed by atoms with Gasteiger partial charge >= 0.3 is 0 Å². The lowest BCUT2D eigenvalue weighted by atomic mass is 9.93. The predicted octanol–water partition coefficient (Wildman–Crippen LogP) is 5.57. The van der Waals surface area contributed by atoms with Gasteiger partial charge in [0.05, 0.1) is 5.41 Å². The quantitative estimate of drug-likeness (QED) is 0.539. The Balaban J connectivity index is 0.00000274. The lowest BCUT2D eigenvalue weighted by Crippen LogP contribution is -2.27. The molecule has 170 valence electrons. The number of amides is 2. The first kappa shape index (κ1) is 21.1. The summed E-state index contributed by atoms with van der Waals surface area (Å²) in [6, 6.07) is 17.6. The molecule has 0 spiro atoms. The molecule has 0 radical (unpaired) electrons. The van der Waals surface area contributed by atoms with E-state index >= 15 is 0 Å². The number of rotatable bonds is 5. The molecule has 2 N–H and O–H groups in total. The van der Waals surface area contributed by atoms with Gasteiger partial charge in [0.1, 0.15) is 0 Å². The second kappa shape index (κ2) is 7.96. The molecule has 0 unspecified atom stereocenters. The fraction of sp³-hybridized carbons (Fsp3) is 0.259. The zero-order valence-corrected chi connectivity index (χ0v) is 19.0. The molecule has 1 heterocycles. The lowest BCUT2D eigenvalue weighted by molar-refractivity contribution is -0.118. The van der Waals surface area contributed by atoms with Crippen LogP contribution in [0.2, 0.25) is 0 Å². The number of nitrogens with one attached hydrogen (secondary N) is 2. The maximum Gasteiger partial charge on any atom is 0.235 e. The number of carbonyl (C=O) groups excluding carboxylic acids is 2. The highest BCUT2D eigenvalue weighted by atomic mass is 16.7. The fourth-order valence-electron chi connectivity index (χ4n) is 4.45. The Labute approximate surface area is 194 Å². The molecular formula is C27H28N2O4. The van der Waals surface area contributed by atoms with Crippen LogP contribution in [0.4, 0.5) is 11.4 Å². The minimum atomic E-state index is -0.526. The van der Waals surface area contributed by atoms with E-state index in [0.29, 0.717) is 5.75 Å². The number of hydrogen-bond donors (Lipinski definition) is 2. The van der Waals surface area contributed by atoms with Gasteiger partial charge in [0.2, 0.25) is 18.6 Å². The number of benzene rings is 3. The molecule has 1 fully saturated rings. The molecule has 2 aliphatic rings. The minimum Gasteiger partial charge on any atom is -0.454 e. The standard InChI is InChI=1S/C27H26N2O4.H2/c1-16-4-6-21(14-23(16)22-8-7-20(12-17(22)2)28-18(3)30)29-26(31)27(10-11-27)19-5-9-24-25(13-19)33-15-32-24;/h4-9,12-14H,10-11,15H2,1-3H3,(H,28,30)(H,29,31);1H. The molecule has 6 nitrogen and oxygen atoms in total. The first-order valence-electron chi connectivity index (χ1n) is 11.1. The minimum absolute atomic E-state index is 0. The van der Waals surface area contributed by atoms with Crippen LogP contribution in [-0.2, 0) is 15.0 Å². The average molecular weight is 445 g/mol. The first-order chi connectivity index (χ1) is 15.9. The molecule has 0 aromatic heterocycles. The molecular weight excluding hydrogens is 416 g/mol. The summed E-state index contributed by atoms with van der Waals surface area (Å²) in [4.78, 5) is 24.7. The fourth-order valence-corrected chi connectivity index (χ4v) is 4.45. The summed E-state index contributed by atoms with van der Waals surface area (Å²) in [7, 11) is 0. The first-order valence-corrected chi connectivity index (χ1v) is 11.1. The summed E-state index contributed by atoms with van der Waals surface area (Å²) in [6.07, 6.45) is 1.61. The van der Waals surface area contributed by atoms with Crippen molar-refractivity contribution < 1.29 is 20.5 Å². The van der Waals surface area contributed by atoms with Gasteiger partial charge in [0, 0.05) is 19.7 Å². The van der Waals surface area contributed by atoms with Crippen molar-refractivity contribution >= 4 is 23.2 Å². The highest BCUT2D eigenvalue weighted by Gasteiger charge is 2.51. The molecule has 1 saturated carbocycles. The molecule has 0 saturated heterocycles. The number of hydrogen-bond acceptors (Lipinski definition) is 4. The van der Waals surface area contributed by atoms with Crippen LogP contribution in [-0.4, -0.2) is 18.6 Å². The molecule has 33 heavy (non-hydrogen) atoms. The summed E-state index contributed by atoms with van der Waals surface area (Å²) >= 11 is 0. The third kappa shape index (κ3) is 3.93. The molecule has 3 aromatic carbocycles. The van der Waals surface area contributed by atoms with Crippen molar-refractivity contribution in [3.63, 3.8) is 0 Å². The van der Waals surface area contributed by atoms with E-state index in [1.807, 2.05) is 61.5 Å². The van der Waals surface area contributed by atoms with Crippen molar-refractivity contribution in [3.05, 3.63) is 71.3 Å². The van der Waals surface area contributed by atoms with E-state index in [1.165, 1.54) is 6.92 Å². The number of anilines is 2. The van der Waals surface area contributed by atoms with Crippen LogP contribution in [0, 0.1) is 13.8 Å². The highest BCUT2D eigenvalue weighted by Crippen LogP contribution is 2.51. The Hall–Kier alpha value is -3.80. The van der Waals surface area contributed by atoms with Gasteiger partial charge in [-0.15, -0.1) is 0 Å². The van der Waals surface area contributed by atoms with Gasteiger partial charge in [-0.3, -0.25) is 9.59 Å². The number of aryl methyl sites for hydroxylation is 2. The van der Waals surface area contributed by atoms with E-state index in [-0.39, 0.29) is 20.0 Å². The van der Waals surface area contributed by atoms with Crippen molar-refractivity contribution in [2.75, 3.05) is 17.4 Å². The Kier molecular flexibility index (Phi) is 5.08. The van der Waals surface area contributed by atoms with E-state index in [0.717, 1.165) is 57.8 Å². The number of carbonyl (C=O) groups is 2. The maximum atomic E-state index is 13.3. The average Bonchev–Trinajstić information content (AvgIpc) is 3.46. The summed E-state index contributed by atoms with van der Waals surface area (Å²) in [6.45, 7) is 5.78.